The molecule has 0 atom stereocenters. The van der Waals surface area contributed by atoms with Crippen LogP contribution < -0.4 is 5.73 Å². The molecule has 2 nitrogen and oxygen atoms in total. The Bertz CT molecular complexity index is 302. The van der Waals surface area contributed by atoms with Crippen LogP contribution in [0.5, 0.6) is 0 Å². The Morgan fingerprint density at radius 2 is 2.12 bits per heavy atom. The summed E-state index contributed by atoms with van der Waals surface area (Å²) in [6, 6.07) is 8.04. The van der Waals surface area contributed by atoms with Crippen LogP contribution in [0.2, 0.25) is 5.02 Å². The number of hydrogen-bond acceptors (Lipinski definition) is 2. The maximum atomic E-state index is 5.97. The first-order chi connectivity index (χ1) is 7.76. The Labute approximate surface area is 103 Å². The summed E-state index contributed by atoms with van der Waals surface area (Å²) in [5.41, 5.74) is 6.88. The van der Waals surface area contributed by atoms with Crippen LogP contribution in [0.25, 0.3) is 0 Å². The molecule has 1 aromatic carbocycles. The van der Waals surface area contributed by atoms with E-state index in [0.717, 1.165) is 24.7 Å². The van der Waals surface area contributed by atoms with Crippen LogP contribution in [-0.4, -0.2) is 24.5 Å². The van der Waals surface area contributed by atoms with Gasteiger partial charge >= 0.3 is 0 Å². The fourth-order valence-corrected chi connectivity index (χ4v) is 1.94. The largest absolute Gasteiger partial charge is 0.329 e. The molecule has 0 unspecified atom stereocenters. The molecule has 0 radical (unpaired) electrons. The lowest BCUT2D eigenvalue weighted by Gasteiger charge is -2.21. The molecule has 90 valence electrons. The van der Waals surface area contributed by atoms with E-state index in [1.54, 1.807) is 0 Å². The van der Waals surface area contributed by atoms with Crippen molar-refractivity contribution in [3.8, 4) is 0 Å². The smallest absolute Gasteiger partial charge is 0.0409 e. The molecule has 0 fully saturated rings. The summed E-state index contributed by atoms with van der Waals surface area (Å²) in [5, 5.41) is 0.806. The zero-order valence-corrected chi connectivity index (χ0v) is 10.7. The predicted molar refractivity (Wildman–Crippen MR) is 70.7 cm³/mol. The Hall–Kier alpha value is -0.570. The van der Waals surface area contributed by atoms with Gasteiger partial charge in [-0.2, -0.15) is 0 Å². The molecule has 2 N–H and O–H groups in total. The van der Waals surface area contributed by atoms with Crippen LogP contribution in [-0.2, 0) is 6.54 Å². The van der Waals surface area contributed by atoms with Crippen molar-refractivity contribution in [2.75, 3.05) is 19.6 Å². The summed E-state index contributed by atoms with van der Waals surface area (Å²) in [7, 11) is 0. The van der Waals surface area contributed by atoms with Crippen molar-refractivity contribution >= 4 is 11.6 Å². The summed E-state index contributed by atoms with van der Waals surface area (Å²) in [6.45, 7) is 5.93. The second-order valence-electron chi connectivity index (χ2n) is 4.05. The normalized spacial score (nSPS) is 11.0. The fraction of sp³-hybridized carbons (Fsp3) is 0.538. The molecule has 0 saturated carbocycles. The van der Waals surface area contributed by atoms with Gasteiger partial charge in [-0.1, -0.05) is 37.1 Å². The van der Waals surface area contributed by atoms with Crippen molar-refractivity contribution in [1.82, 2.24) is 4.90 Å². The number of hydrogen-bond donors (Lipinski definition) is 1. The molecular formula is C13H21ClN2. The standard InChI is InChI=1S/C13H21ClN2/c1-2-3-8-16(9-7-15)11-12-5-4-6-13(14)10-12/h4-6,10H,2-3,7-9,11,15H2,1H3. The van der Waals surface area contributed by atoms with Gasteiger partial charge in [0.05, 0.1) is 0 Å². The molecule has 0 aliphatic heterocycles. The summed E-state index contributed by atoms with van der Waals surface area (Å²) >= 11 is 5.97. The molecular weight excluding hydrogens is 220 g/mol. The topological polar surface area (TPSA) is 29.3 Å². The van der Waals surface area contributed by atoms with Crippen LogP contribution >= 0.6 is 11.6 Å². The van der Waals surface area contributed by atoms with Crippen LogP contribution in [0.4, 0.5) is 0 Å². The zero-order valence-electron chi connectivity index (χ0n) is 9.95. The first-order valence-electron chi connectivity index (χ1n) is 5.93. The van der Waals surface area contributed by atoms with Crippen molar-refractivity contribution in [2.45, 2.75) is 26.3 Å². The van der Waals surface area contributed by atoms with E-state index >= 15 is 0 Å². The average molecular weight is 241 g/mol. The molecule has 0 saturated heterocycles. The zero-order chi connectivity index (χ0) is 11.8. The van der Waals surface area contributed by atoms with Crippen molar-refractivity contribution in [1.29, 1.82) is 0 Å². The van der Waals surface area contributed by atoms with Crippen LogP contribution in [0.3, 0.4) is 0 Å². The molecule has 0 amide bonds. The lowest BCUT2D eigenvalue weighted by atomic mass is 10.2. The second-order valence-corrected chi connectivity index (χ2v) is 4.48. The quantitative estimate of drug-likeness (QED) is 0.794. The number of halogens is 1. The van der Waals surface area contributed by atoms with Crippen molar-refractivity contribution in [2.24, 2.45) is 5.73 Å². The first kappa shape index (κ1) is 13.5. The third-order valence-corrected chi connectivity index (χ3v) is 2.80. The molecule has 0 aliphatic rings. The van der Waals surface area contributed by atoms with Crippen LogP contribution in [0.1, 0.15) is 25.3 Å². The van der Waals surface area contributed by atoms with E-state index < -0.39 is 0 Å². The lowest BCUT2D eigenvalue weighted by Crippen LogP contribution is -2.30. The van der Waals surface area contributed by atoms with Gasteiger partial charge in [0.25, 0.3) is 0 Å². The fourth-order valence-electron chi connectivity index (χ4n) is 1.73. The van der Waals surface area contributed by atoms with Crippen molar-refractivity contribution in [3.05, 3.63) is 34.9 Å². The molecule has 0 aliphatic carbocycles. The average Bonchev–Trinajstić information content (AvgIpc) is 2.26. The highest BCUT2D eigenvalue weighted by Crippen LogP contribution is 2.12. The molecule has 0 aromatic heterocycles. The maximum absolute atomic E-state index is 5.97. The van der Waals surface area contributed by atoms with Gasteiger partial charge in [-0.15, -0.1) is 0 Å². The van der Waals surface area contributed by atoms with E-state index in [0.29, 0.717) is 6.54 Å². The third-order valence-electron chi connectivity index (χ3n) is 2.57. The van der Waals surface area contributed by atoms with Gasteiger partial charge in [0.15, 0.2) is 0 Å². The van der Waals surface area contributed by atoms with Gasteiger partial charge in [0, 0.05) is 24.7 Å². The van der Waals surface area contributed by atoms with Gasteiger partial charge in [-0.3, -0.25) is 4.90 Å². The monoisotopic (exact) mass is 240 g/mol. The van der Waals surface area contributed by atoms with Gasteiger partial charge in [-0.25, -0.2) is 0 Å². The third kappa shape index (κ3) is 4.97. The number of unbranched alkanes of at least 4 members (excludes halogenated alkanes) is 1. The van der Waals surface area contributed by atoms with E-state index in [1.807, 2.05) is 18.2 Å². The highest BCUT2D eigenvalue weighted by Gasteiger charge is 2.04. The highest BCUT2D eigenvalue weighted by atomic mass is 35.5. The van der Waals surface area contributed by atoms with Gasteiger partial charge in [-0.05, 0) is 30.7 Å². The van der Waals surface area contributed by atoms with E-state index in [2.05, 4.69) is 17.9 Å². The van der Waals surface area contributed by atoms with Crippen LogP contribution in [0, 0.1) is 0 Å². The minimum absolute atomic E-state index is 0.713. The Kier molecular flexibility index (Phi) is 6.46. The summed E-state index contributed by atoms with van der Waals surface area (Å²) in [5.74, 6) is 0. The van der Waals surface area contributed by atoms with Crippen LogP contribution in [0.15, 0.2) is 24.3 Å². The van der Waals surface area contributed by atoms with Crippen molar-refractivity contribution < 1.29 is 0 Å². The lowest BCUT2D eigenvalue weighted by molar-refractivity contribution is 0.268. The Morgan fingerprint density at radius 3 is 2.75 bits per heavy atom. The van der Waals surface area contributed by atoms with E-state index in [4.69, 9.17) is 17.3 Å². The number of nitrogens with two attached hydrogens (primary N) is 1. The van der Waals surface area contributed by atoms with E-state index in [1.165, 1.54) is 18.4 Å². The number of benzene rings is 1. The SMILES string of the molecule is CCCCN(CCN)Cc1cccc(Cl)c1. The first-order valence-corrected chi connectivity index (χ1v) is 6.31. The van der Waals surface area contributed by atoms with Gasteiger partial charge in [0.1, 0.15) is 0 Å². The second kappa shape index (κ2) is 7.66. The molecule has 1 aromatic rings. The van der Waals surface area contributed by atoms with Gasteiger partial charge in [0.2, 0.25) is 0 Å². The molecule has 0 heterocycles. The summed E-state index contributed by atoms with van der Waals surface area (Å²) in [4.78, 5) is 2.38. The van der Waals surface area contributed by atoms with Gasteiger partial charge < -0.3 is 5.73 Å². The maximum Gasteiger partial charge on any atom is 0.0409 e. The molecule has 16 heavy (non-hydrogen) atoms. The van der Waals surface area contributed by atoms with E-state index in [-0.39, 0.29) is 0 Å². The molecule has 0 spiro atoms. The minimum atomic E-state index is 0.713. The molecule has 3 heteroatoms. The number of nitrogens with zero attached hydrogens (tertiary/aromatic N) is 1. The summed E-state index contributed by atoms with van der Waals surface area (Å²) in [6.07, 6.45) is 2.44. The number of rotatable bonds is 7. The Morgan fingerprint density at radius 1 is 1.31 bits per heavy atom. The van der Waals surface area contributed by atoms with Crippen molar-refractivity contribution in [3.63, 3.8) is 0 Å². The Balaban J connectivity index is 2.52. The minimum Gasteiger partial charge on any atom is -0.329 e. The highest BCUT2D eigenvalue weighted by molar-refractivity contribution is 6.30. The predicted octanol–water partition coefficient (Wildman–Crippen LogP) is 2.90. The summed E-state index contributed by atoms with van der Waals surface area (Å²) < 4.78 is 0. The molecule has 0 bridgehead atoms. The van der Waals surface area contributed by atoms with E-state index in [9.17, 15) is 0 Å². The molecule has 1 rings (SSSR count).